The lowest BCUT2D eigenvalue weighted by molar-refractivity contribution is 0.0662. The van der Waals surface area contributed by atoms with E-state index in [1.165, 1.54) is 12.1 Å². The van der Waals surface area contributed by atoms with E-state index in [0.29, 0.717) is 16.6 Å². The Balaban J connectivity index is 1.58. The van der Waals surface area contributed by atoms with E-state index < -0.39 is 0 Å². The molecule has 1 amide bonds. The van der Waals surface area contributed by atoms with Gasteiger partial charge >= 0.3 is 0 Å². The maximum absolute atomic E-state index is 13.0. The number of likely N-dealkylation sites (tertiary alicyclic amines) is 1. The summed E-state index contributed by atoms with van der Waals surface area (Å²) in [6.07, 6.45) is 5.64. The Kier molecular flexibility index (Phi) is 5.19. The lowest BCUT2D eigenvalue weighted by atomic mass is 9.91. The molecule has 0 spiro atoms. The van der Waals surface area contributed by atoms with Crippen LogP contribution in [0.1, 0.15) is 35.3 Å². The number of aryl methyl sites for hydroxylation is 2. The highest BCUT2D eigenvalue weighted by atomic mass is 35.5. The van der Waals surface area contributed by atoms with Gasteiger partial charge in [-0.2, -0.15) is 5.10 Å². The molecule has 4 nitrogen and oxygen atoms in total. The van der Waals surface area contributed by atoms with Crippen molar-refractivity contribution in [1.82, 2.24) is 14.7 Å². The average molecular weight is 350 g/mol. The number of hydrogen-bond acceptors (Lipinski definition) is 2. The molecule has 1 aromatic carbocycles. The third kappa shape index (κ3) is 3.96. The maximum atomic E-state index is 13.0. The van der Waals surface area contributed by atoms with Crippen LogP contribution in [0.3, 0.4) is 0 Å². The molecule has 1 aliphatic rings. The molecule has 2 aromatic rings. The number of piperidine rings is 1. The van der Waals surface area contributed by atoms with E-state index in [4.69, 9.17) is 11.6 Å². The third-order valence-electron chi connectivity index (χ3n) is 4.55. The van der Waals surface area contributed by atoms with Gasteiger partial charge in [-0.05, 0) is 49.3 Å². The van der Waals surface area contributed by atoms with E-state index in [0.717, 1.165) is 44.3 Å². The predicted molar refractivity (Wildman–Crippen MR) is 91.6 cm³/mol. The highest BCUT2D eigenvalue weighted by Crippen LogP contribution is 2.24. The van der Waals surface area contributed by atoms with Crippen LogP contribution in [0.25, 0.3) is 0 Å². The standard InChI is InChI=1S/C18H21ClFN3O/c1-22-12-16(19)17(21-22)18(24)23-10-2-3-14(11-23)5-4-13-6-8-15(20)9-7-13/h6-9,12,14H,2-5,10-11H2,1H3. The van der Waals surface area contributed by atoms with Crippen LogP contribution in [-0.4, -0.2) is 33.7 Å². The lowest BCUT2D eigenvalue weighted by Gasteiger charge is -2.32. The molecule has 0 bridgehead atoms. The van der Waals surface area contributed by atoms with Crippen LogP contribution >= 0.6 is 11.6 Å². The van der Waals surface area contributed by atoms with Crippen molar-refractivity contribution in [2.75, 3.05) is 13.1 Å². The number of benzene rings is 1. The van der Waals surface area contributed by atoms with Gasteiger partial charge < -0.3 is 4.90 Å². The Bertz CT molecular complexity index is 714. The van der Waals surface area contributed by atoms with Crippen molar-refractivity contribution >= 4 is 17.5 Å². The van der Waals surface area contributed by atoms with Crippen LogP contribution in [0.4, 0.5) is 4.39 Å². The molecule has 1 unspecified atom stereocenters. The summed E-state index contributed by atoms with van der Waals surface area (Å²) in [7, 11) is 1.75. The van der Waals surface area contributed by atoms with Crippen molar-refractivity contribution in [1.29, 1.82) is 0 Å². The second-order valence-electron chi connectivity index (χ2n) is 6.42. The zero-order valence-electron chi connectivity index (χ0n) is 13.7. The Morgan fingerprint density at radius 2 is 2.12 bits per heavy atom. The fourth-order valence-electron chi connectivity index (χ4n) is 3.26. The molecular weight excluding hydrogens is 329 g/mol. The van der Waals surface area contributed by atoms with E-state index in [9.17, 15) is 9.18 Å². The summed E-state index contributed by atoms with van der Waals surface area (Å²) in [5.74, 6) is 0.155. The highest BCUT2D eigenvalue weighted by Gasteiger charge is 2.27. The van der Waals surface area contributed by atoms with Crippen molar-refractivity contribution in [2.45, 2.75) is 25.7 Å². The van der Waals surface area contributed by atoms with Gasteiger partial charge in [0.25, 0.3) is 5.91 Å². The first-order chi connectivity index (χ1) is 11.5. The lowest BCUT2D eigenvalue weighted by Crippen LogP contribution is -2.40. The zero-order chi connectivity index (χ0) is 17.1. The summed E-state index contributed by atoms with van der Waals surface area (Å²) in [5.41, 5.74) is 1.46. The number of halogens is 2. The van der Waals surface area contributed by atoms with Crippen LogP contribution in [0.2, 0.25) is 5.02 Å². The first-order valence-electron chi connectivity index (χ1n) is 8.26. The van der Waals surface area contributed by atoms with Gasteiger partial charge in [-0.1, -0.05) is 23.7 Å². The van der Waals surface area contributed by atoms with Crippen LogP contribution in [0.5, 0.6) is 0 Å². The Morgan fingerprint density at radius 1 is 1.38 bits per heavy atom. The van der Waals surface area contributed by atoms with Gasteiger partial charge in [-0.3, -0.25) is 9.48 Å². The molecule has 0 aliphatic carbocycles. The molecule has 1 atom stereocenters. The normalized spacial score (nSPS) is 18.0. The van der Waals surface area contributed by atoms with Gasteiger partial charge in [0.15, 0.2) is 5.69 Å². The molecule has 1 aromatic heterocycles. The van der Waals surface area contributed by atoms with E-state index in [1.54, 1.807) is 17.9 Å². The van der Waals surface area contributed by atoms with E-state index in [1.807, 2.05) is 17.0 Å². The summed E-state index contributed by atoms with van der Waals surface area (Å²) < 4.78 is 14.5. The Morgan fingerprint density at radius 3 is 2.79 bits per heavy atom. The van der Waals surface area contributed by atoms with Crippen LogP contribution in [0, 0.1) is 11.7 Å². The minimum Gasteiger partial charge on any atom is -0.337 e. The minimum absolute atomic E-state index is 0.0907. The minimum atomic E-state index is -0.208. The largest absolute Gasteiger partial charge is 0.337 e. The number of carbonyl (C=O) groups excluding carboxylic acids is 1. The number of carbonyl (C=O) groups is 1. The van der Waals surface area contributed by atoms with Crippen LogP contribution in [0.15, 0.2) is 30.5 Å². The number of nitrogens with zero attached hydrogens (tertiary/aromatic N) is 3. The molecule has 6 heteroatoms. The molecule has 128 valence electrons. The first-order valence-corrected chi connectivity index (χ1v) is 8.63. The number of hydrogen-bond donors (Lipinski definition) is 0. The molecule has 3 rings (SSSR count). The van der Waals surface area contributed by atoms with Crippen molar-refractivity contribution in [3.8, 4) is 0 Å². The zero-order valence-corrected chi connectivity index (χ0v) is 14.5. The summed E-state index contributed by atoms with van der Waals surface area (Å²) >= 11 is 6.09. The molecule has 24 heavy (non-hydrogen) atoms. The topological polar surface area (TPSA) is 38.1 Å². The monoisotopic (exact) mass is 349 g/mol. The quantitative estimate of drug-likeness (QED) is 0.844. The summed E-state index contributed by atoms with van der Waals surface area (Å²) in [6, 6.07) is 6.65. The van der Waals surface area contributed by atoms with Crippen molar-refractivity contribution in [3.05, 3.63) is 52.6 Å². The molecule has 0 radical (unpaired) electrons. The van der Waals surface area contributed by atoms with Crippen LogP contribution < -0.4 is 0 Å². The fraction of sp³-hybridized carbons (Fsp3) is 0.444. The number of rotatable bonds is 4. The molecule has 2 heterocycles. The van der Waals surface area contributed by atoms with Crippen molar-refractivity contribution in [2.24, 2.45) is 13.0 Å². The molecule has 0 saturated carbocycles. The number of amides is 1. The van der Waals surface area contributed by atoms with Gasteiger partial charge in [0, 0.05) is 26.3 Å². The van der Waals surface area contributed by atoms with Crippen LogP contribution in [-0.2, 0) is 13.5 Å². The van der Waals surface area contributed by atoms with Gasteiger partial charge in [0.05, 0.1) is 5.02 Å². The molecular formula is C18H21ClFN3O. The highest BCUT2D eigenvalue weighted by molar-refractivity contribution is 6.33. The first kappa shape index (κ1) is 17.0. The summed E-state index contributed by atoms with van der Waals surface area (Å²) in [4.78, 5) is 14.5. The summed E-state index contributed by atoms with van der Waals surface area (Å²) in [5, 5.41) is 4.57. The molecule has 0 N–H and O–H groups in total. The van der Waals surface area contributed by atoms with Gasteiger partial charge in [0.2, 0.25) is 0 Å². The smallest absolute Gasteiger partial charge is 0.275 e. The van der Waals surface area contributed by atoms with E-state index in [-0.39, 0.29) is 11.7 Å². The Hall–Kier alpha value is -1.88. The molecule has 1 aliphatic heterocycles. The van der Waals surface area contributed by atoms with E-state index >= 15 is 0 Å². The maximum Gasteiger partial charge on any atom is 0.275 e. The van der Waals surface area contributed by atoms with Crippen molar-refractivity contribution in [3.63, 3.8) is 0 Å². The summed E-state index contributed by atoms with van der Waals surface area (Å²) in [6.45, 7) is 1.48. The van der Waals surface area contributed by atoms with Gasteiger partial charge in [0.1, 0.15) is 5.82 Å². The second kappa shape index (κ2) is 7.34. The van der Waals surface area contributed by atoms with Gasteiger partial charge in [-0.15, -0.1) is 0 Å². The SMILES string of the molecule is Cn1cc(Cl)c(C(=O)N2CCCC(CCc3ccc(F)cc3)C2)n1. The Labute approximate surface area is 146 Å². The third-order valence-corrected chi connectivity index (χ3v) is 4.82. The fourth-order valence-corrected chi connectivity index (χ4v) is 3.52. The second-order valence-corrected chi connectivity index (χ2v) is 6.83. The van der Waals surface area contributed by atoms with Gasteiger partial charge in [-0.25, -0.2) is 4.39 Å². The predicted octanol–water partition coefficient (Wildman–Crippen LogP) is 3.70. The number of aromatic nitrogens is 2. The van der Waals surface area contributed by atoms with Crippen molar-refractivity contribution < 1.29 is 9.18 Å². The molecule has 1 saturated heterocycles. The average Bonchev–Trinajstić information content (AvgIpc) is 2.92. The molecule has 1 fully saturated rings. The van der Waals surface area contributed by atoms with E-state index in [2.05, 4.69) is 5.10 Å².